The van der Waals surface area contributed by atoms with Gasteiger partial charge in [-0.2, -0.15) is 18.2 Å². The van der Waals surface area contributed by atoms with E-state index < -0.39 is 23.4 Å². The van der Waals surface area contributed by atoms with Crippen molar-refractivity contribution in [1.82, 2.24) is 29.1 Å². The second-order valence-corrected chi connectivity index (χ2v) is 6.18. The fraction of sp³-hybridized carbons (Fsp3) is 0.118. The average molecular weight is 407 g/mol. The van der Waals surface area contributed by atoms with Crippen LogP contribution in [0.5, 0.6) is 0 Å². The molecule has 11 heteroatoms. The number of alkyl halides is 3. The Labute approximate surface area is 160 Å². The number of halogens is 4. The lowest BCUT2D eigenvalue weighted by Crippen LogP contribution is -2.22. The molecule has 2 aliphatic rings. The zero-order valence-electron chi connectivity index (χ0n) is 13.9. The first-order chi connectivity index (χ1) is 13.3. The Balaban J connectivity index is 1.83. The molecule has 0 bridgehead atoms. The van der Waals surface area contributed by atoms with Crippen molar-refractivity contribution in [3.63, 3.8) is 0 Å². The van der Waals surface area contributed by atoms with E-state index in [2.05, 4.69) is 19.9 Å². The summed E-state index contributed by atoms with van der Waals surface area (Å²) in [5, 5.41) is 0.334. The van der Waals surface area contributed by atoms with E-state index in [-0.39, 0.29) is 11.5 Å². The van der Waals surface area contributed by atoms with E-state index in [0.29, 0.717) is 11.7 Å². The highest BCUT2D eigenvalue weighted by atomic mass is 35.5. The van der Waals surface area contributed by atoms with Crippen molar-refractivity contribution in [2.45, 2.75) is 12.7 Å². The summed E-state index contributed by atoms with van der Waals surface area (Å²) in [7, 11) is 0. The summed E-state index contributed by atoms with van der Waals surface area (Å²) in [6.07, 6.45) is 0.463. The maximum Gasteiger partial charge on any atom is 0.437 e. The van der Waals surface area contributed by atoms with E-state index in [1.165, 1.54) is 6.07 Å². The minimum atomic E-state index is -4.77. The molecule has 4 heterocycles. The van der Waals surface area contributed by atoms with Gasteiger partial charge in [-0.25, -0.2) is 24.3 Å². The van der Waals surface area contributed by atoms with Crippen LogP contribution < -0.4 is 5.69 Å². The van der Waals surface area contributed by atoms with E-state index in [1.807, 2.05) is 0 Å². The first kappa shape index (κ1) is 18.1. The third-order valence-corrected chi connectivity index (χ3v) is 4.18. The minimum absolute atomic E-state index is 0.181. The van der Waals surface area contributed by atoms with Crippen LogP contribution in [0.3, 0.4) is 0 Å². The largest absolute Gasteiger partial charge is 0.437 e. The fourth-order valence-electron chi connectivity index (χ4n) is 2.79. The number of pyridine rings is 2. The molecule has 0 spiro atoms. The minimum Gasteiger partial charge on any atom is -0.327 e. The normalized spacial score (nSPS) is 11.9. The van der Waals surface area contributed by atoms with Gasteiger partial charge in [0, 0.05) is 24.8 Å². The van der Waals surface area contributed by atoms with Crippen molar-refractivity contribution in [3.05, 3.63) is 75.9 Å². The van der Waals surface area contributed by atoms with Crippen LogP contribution in [0, 0.1) is 0 Å². The maximum atomic E-state index is 13.3. The molecule has 2 aliphatic heterocycles. The first-order valence-electron chi connectivity index (χ1n) is 7.91. The number of aromatic nitrogens is 6. The Hall–Kier alpha value is -3.27. The van der Waals surface area contributed by atoms with Crippen LogP contribution in [0.15, 0.2) is 53.8 Å². The van der Waals surface area contributed by atoms with Crippen LogP contribution in [0.1, 0.15) is 11.3 Å². The van der Waals surface area contributed by atoms with Crippen molar-refractivity contribution < 1.29 is 13.2 Å². The predicted molar refractivity (Wildman–Crippen MR) is 93.4 cm³/mol. The van der Waals surface area contributed by atoms with Crippen molar-refractivity contribution in [2.24, 2.45) is 0 Å². The number of hydrogen-bond donors (Lipinski definition) is 0. The van der Waals surface area contributed by atoms with E-state index in [1.54, 1.807) is 35.2 Å². The number of fused-ring (bicyclic) bond motifs is 1. The van der Waals surface area contributed by atoms with Gasteiger partial charge in [0.2, 0.25) is 0 Å². The predicted octanol–water partition coefficient (Wildman–Crippen LogP) is 3.04. The molecule has 28 heavy (non-hydrogen) atoms. The van der Waals surface area contributed by atoms with Crippen molar-refractivity contribution in [2.75, 3.05) is 0 Å². The molecule has 0 N–H and O–H groups in total. The first-order valence-corrected chi connectivity index (χ1v) is 8.29. The molecule has 0 saturated heterocycles. The molecule has 142 valence electrons. The quantitative estimate of drug-likeness (QED) is 0.489. The third-order valence-electron chi connectivity index (χ3n) is 3.96. The highest BCUT2D eigenvalue weighted by molar-refractivity contribution is 6.29. The standard InChI is InChI=1S/C17H10ClF3N6O/c18-12-4-3-10(8-24-12)9-26-7-1-2-11-14(26)25-16(28)27(11)15-13(17(19,20)21)22-5-6-23-15/h1-8H,9H2. The zero-order valence-corrected chi connectivity index (χ0v) is 14.7. The van der Waals surface area contributed by atoms with Crippen LogP contribution >= 0.6 is 11.6 Å². The molecule has 0 atom stereocenters. The van der Waals surface area contributed by atoms with E-state index in [9.17, 15) is 18.0 Å². The van der Waals surface area contributed by atoms with E-state index in [4.69, 9.17) is 11.6 Å². The third kappa shape index (κ3) is 3.22. The van der Waals surface area contributed by atoms with Gasteiger partial charge < -0.3 is 4.57 Å². The number of imidazole rings is 1. The maximum absolute atomic E-state index is 13.3. The summed E-state index contributed by atoms with van der Waals surface area (Å²) in [6.45, 7) is 0.296. The van der Waals surface area contributed by atoms with Crippen LogP contribution in [-0.4, -0.2) is 29.1 Å². The number of nitrogens with zero attached hydrogens (tertiary/aromatic N) is 6. The highest BCUT2D eigenvalue weighted by Gasteiger charge is 2.38. The molecule has 0 fully saturated rings. The van der Waals surface area contributed by atoms with E-state index >= 15 is 0 Å². The zero-order chi connectivity index (χ0) is 19.9. The van der Waals surface area contributed by atoms with Gasteiger partial charge >= 0.3 is 11.9 Å². The molecule has 0 amide bonds. The lowest BCUT2D eigenvalue weighted by Gasteiger charge is -2.14. The van der Waals surface area contributed by atoms with Crippen molar-refractivity contribution in [3.8, 4) is 17.3 Å². The molecule has 2 aromatic heterocycles. The van der Waals surface area contributed by atoms with Gasteiger partial charge in [0.15, 0.2) is 17.3 Å². The number of rotatable bonds is 3. The molecule has 7 nitrogen and oxygen atoms in total. The molecule has 0 aromatic carbocycles. The van der Waals surface area contributed by atoms with Gasteiger partial charge in [0.1, 0.15) is 5.15 Å². The molecule has 0 unspecified atom stereocenters. The SMILES string of the molecule is O=c1nc2n(Cc3ccc(Cl)nc3)cccc-2n1-c1nccnc1C(F)(F)F. The van der Waals surface area contributed by atoms with Gasteiger partial charge in [0.25, 0.3) is 0 Å². The van der Waals surface area contributed by atoms with Gasteiger partial charge in [0.05, 0.1) is 12.2 Å². The van der Waals surface area contributed by atoms with Crippen molar-refractivity contribution >= 4 is 11.6 Å². The summed E-state index contributed by atoms with van der Waals surface area (Å²) in [6, 6.07) is 6.47. The molecule has 2 aromatic rings. The van der Waals surface area contributed by atoms with Gasteiger partial charge in [-0.1, -0.05) is 17.7 Å². The van der Waals surface area contributed by atoms with Crippen LogP contribution in [0.4, 0.5) is 13.2 Å². The lowest BCUT2D eigenvalue weighted by molar-refractivity contribution is -0.141. The van der Waals surface area contributed by atoms with Crippen LogP contribution in [0.25, 0.3) is 17.3 Å². The van der Waals surface area contributed by atoms with Gasteiger partial charge in [-0.15, -0.1) is 0 Å². The molecule has 0 saturated carbocycles. The molecule has 0 radical (unpaired) electrons. The Morgan fingerprint density at radius 2 is 1.86 bits per heavy atom. The highest BCUT2D eigenvalue weighted by Crippen LogP contribution is 2.32. The van der Waals surface area contributed by atoms with Gasteiger partial charge in [-0.05, 0) is 23.8 Å². The summed E-state index contributed by atoms with van der Waals surface area (Å²) in [5.41, 5.74) is -1.18. The second kappa shape index (κ2) is 6.71. The molecular formula is C17H10ClF3N6O. The smallest absolute Gasteiger partial charge is 0.327 e. The monoisotopic (exact) mass is 406 g/mol. The molecular weight excluding hydrogens is 397 g/mol. The van der Waals surface area contributed by atoms with Gasteiger partial charge in [-0.3, -0.25) is 0 Å². The van der Waals surface area contributed by atoms with Crippen molar-refractivity contribution in [1.29, 1.82) is 0 Å². The fourth-order valence-corrected chi connectivity index (χ4v) is 2.91. The van der Waals surface area contributed by atoms with E-state index in [0.717, 1.165) is 22.5 Å². The average Bonchev–Trinajstić information content (AvgIpc) is 3.00. The second-order valence-electron chi connectivity index (χ2n) is 5.79. The Bertz CT molecular complexity index is 1170. The summed E-state index contributed by atoms with van der Waals surface area (Å²) in [4.78, 5) is 27.4. The summed E-state index contributed by atoms with van der Waals surface area (Å²) < 4.78 is 42.4. The Kier molecular flexibility index (Phi) is 4.34. The topological polar surface area (TPSA) is 78.5 Å². The Morgan fingerprint density at radius 3 is 2.57 bits per heavy atom. The summed E-state index contributed by atoms with van der Waals surface area (Å²) >= 11 is 5.77. The summed E-state index contributed by atoms with van der Waals surface area (Å²) in [5.74, 6) is -0.408. The van der Waals surface area contributed by atoms with Crippen LogP contribution in [-0.2, 0) is 12.7 Å². The molecule has 0 aliphatic carbocycles. The Morgan fingerprint density at radius 1 is 1.07 bits per heavy atom. The lowest BCUT2D eigenvalue weighted by atomic mass is 10.2. The number of hydrogen-bond acceptors (Lipinski definition) is 5. The molecule has 4 rings (SSSR count). The van der Waals surface area contributed by atoms with Crippen LogP contribution in [0.2, 0.25) is 5.15 Å².